The van der Waals surface area contributed by atoms with Crippen LogP contribution < -0.4 is 5.32 Å². The Hall–Kier alpha value is -3.16. The van der Waals surface area contributed by atoms with E-state index in [1.807, 2.05) is 0 Å². The van der Waals surface area contributed by atoms with E-state index in [0.717, 1.165) is 0 Å². The maximum absolute atomic E-state index is 12.5. The number of carboxylic acids is 1. The van der Waals surface area contributed by atoms with E-state index >= 15 is 0 Å². The number of nitrogens with zero attached hydrogens (tertiary/aromatic N) is 1. The lowest BCUT2D eigenvalue weighted by Crippen LogP contribution is -2.20. The first-order valence-corrected chi connectivity index (χ1v) is 8.96. The first-order chi connectivity index (χ1) is 13.4. The predicted octanol–water partition coefficient (Wildman–Crippen LogP) is 2.93. The van der Waals surface area contributed by atoms with Crippen LogP contribution in [0.5, 0.6) is 0 Å². The number of imide groups is 1. The van der Waals surface area contributed by atoms with Gasteiger partial charge in [-0.05, 0) is 30.2 Å². The van der Waals surface area contributed by atoms with Crippen LogP contribution >= 0.6 is 11.6 Å². The van der Waals surface area contributed by atoms with Crippen LogP contribution in [0.4, 0.5) is 0 Å². The van der Waals surface area contributed by atoms with Crippen LogP contribution in [0.25, 0.3) is 22.0 Å². The molecule has 0 saturated carbocycles. The molecule has 1 aliphatic heterocycles. The summed E-state index contributed by atoms with van der Waals surface area (Å²) in [5, 5.41) is 21.8. The molecule has 7 nitrogen and oxygen atoms in total. The number of aromatic carboxylic acids is 1. The minimum Gasteiger partial charge on any atom is -0.477 e. The maximum Gasteiger partial charge on any atom is 0.352 e. The number of aliphatic hydroxyl groups is 1. The van der Waals surface area contributed by atoms with Gasteiger partial charge in [-0.15, -0.1) is 0 Å². The Morgan fingerprint density at radius 3 is 2.46 bits per heavy atom. The number of nitrogens with one attached hydrogen (secondary N) is 1. The lowest BCUT2D eigenvalue weighted by Gasteiger charge is -2.12. The predicted molar refractivity (Wildman–Crippen MR) is 103 cm³/mol. The Balaban J connectivity index is 2.13. The number of fused-ring (bicyclic) bond motifs is 3. The van der Waals surface area contributed by atoms with Gasteiger partial charge in [0.2, 0.25) is 0 Å². The first-order valence-electron chi connectivity index (χ1n) is 8.59. The molecule has 0 bridgehead atoms. The number of amides is 2. The summed E-state index contributed by atoms with van der Waals surface area (Å²) in [6, 6.07) is 10.00. The monoisotopic (exact) mass is 398 g/mol. The molecular weight excluding hydrogens is 384 g/mol. The molecule has 0 radical (unpaired) electrons. The molecule has 8 heteroatoms. The Labute approximate surface area is 164 Å². The zero-order valence-electron chi connectivity index (χ0n) is 14.5. The molecule has 0 spiro atoms. The highest BCUT2D eigenvalue weighted by Gasteiger charge is 2.34. The highest BCUT2D eigenvalue weighted by molar-refractivity contribution is 6.35. The number of rotatable bonds is 5. The number of aliphatic hydroxyl groups excluding tert-OH is 1. The summed E-state index contributed by atoms with van der Waals surface area (Å²) in [5.41, 5.74) is 1.82. The molecule has 0 atom stereocenters. The van der Waals surface area contributed by atoms with Crippen molar-refractivity contribution < 1.29 is 24.6 Å². The summed E-state index contributed by atoms with van der Waals surface area (Å²) in [5.74, 6) is -2.28. The number of aryl methyl sites for hydroxylation is 1. The molecule has 0 aliphatic carbocycles. The van der Waals surface area contributed by atoms with Gasteiger partial charge in [-0.1, -0.05) is 29.8 Å². The van der Waals surface area contributed by atoms with Crippen LogP contribution in [0, 0.1) is 0 Å². The summed E-state index contributed by atoms with van der Waals surface area (Å²) in [4.78, 5) is 36.7. The highest BCUT2D eigenvalue weighted by Crippen LogP contribution is 2.39. The molecule has 3 aromatic rings. The lowest BCUT2D eigenvalue weighted by atomic mass is 9.94. The topological polar surface area (TPSA) is 109 Å². The molecule has 4 rings (SSSR count). The third kappa shape index (κ3) is 2.67. The minimum absolute atomic E-state index is 0.0193. The summed E-state index contributed by atoms with van der Waals surface area (Å²) < 4.78 is 1.53. The number of carboxylic acid groups (broad SMARTS) is 1. The van der Waals surface area contributed by atoms with Crippen LogP contribution in [0.1, 0.15) is 37.6 Å². The molecule has 1 aromatic heterocycles. The second-order valence-electron chi connectivity index (χ2n) is 6.43. The van der Waals surface area contributed by atoms with E-state index in [2.05, 4.69) is 5.32 Å². The fourth-order valence-electron chi connectivity index (χ4n) is 3.64. The van der Waals surface area contributed by atoms with E-state index in [0.29, 0.717) is 33.5 Å². The van der Waals surface area contributed by atoms with Crippen LogP contribution in [0.3, 0.4) is 0 Å². The van der Waals surface area contributed by atoms with Gasteiger partial charge in [0.15, 0.2) is 0 Å². The standard InChI is InChI=1S/C20H15ClN2O5/c21-13-5-2-1-4-10(13)11-8-14-12(17-16(11)18(25)22-19(17)26)9-15(20(27)28)23(14)6-3-7-24/h1-2,4-5,8-9,24H,3,6-7H2,(H,27,28)(H,22,25,26). The van der Waals surface area contributed by atoms with Crippen molar-refractivity contribution >= 4 is 40.3 Å². The Kier molecular flexibility index (Phi) is 4.41. The molecule has 0 saturated heterocycles. The van der Waals surface area contributed by atoms with Gasteiger partial charge in [-0.3, -0.25) is 14.9 Å². The first kappa shape index (κ1) is 18.2. The molecule has 1 aliphatic rings. The molecule has 142 valence electrons. The number of aromatic nitrogens is 1. The molecule has 0 fully saturated rings. The van der Waals surface area contributed by atoms with E-state index in [4.69, 9.17) is 11.6 Å². The van der Waals surface area contributed by atoms with Crippen molar-refractivity contribution in [2.75, 3.05) is 6.61 Å². The van der Waals surface area contributed by atoms with Gasteiger partial charge in [-0.25, -0.2) is 4.79 Å². The SMILES string of the molecule is O=C1NC(=O)c2c1c(-c1ccccc1Cl)cc1c2cc(C(=O)O)n1CCCO. The van der Waals surface area contributed by atoms with Crippen molar-refractivity contribution in [1.82, 2.24) is 9.88 Å². The van der Waals surface area contributed by atoms with Gasteiger partial charge in [0.1, 0.15) is 5.69 Å². The van der Waals surface area contributed by atoms with Gasteiger partial charge < -0.3 is 14.8 Å². The summed E-state index contributed by atoms with van der Waals surface area (Å²) >= 11 is 6.32. The zero-order valence-corrected chi connectivity index (χ0v) is 15.3. The van der Waals surface area contributed by atoms with E-state index in [9.17, 15) is 24.6 Å². The van der Waals surface area contributed by atoms with E-state index in [1.54, 1.807) is 30.3 Å². The van der Waals surface area contributed by atoms with Crippen LogP contribution in [0.15, 0.2) is 36.4 Å². The number of carbonyl (C=O) groups is 3. The Morgan fingerprint density at radius 2 is 1.79 bits per heavy atom. The molecule has 2 heterocycles. The van der Waals surface area contributed by atoms with E-state index in [-0.39, 0.29) is 30.0 Å². The average Bonchev–Trinajstić information content (AvgIpc) is 3.17. The zero-order chi connectivity index (χ0) is 20.0. The number of carbonyl (C=O) groups excluding carboxylic acids is 2. The van der Waals surface area contributed by atoms with Gasteiger partial charge in [-0.2, -0.15) is 0 Å². The third-order valence-electron chi connectivity index (χ3n) is 4.81. The third-order valence-corrected chi connectivity index (χ3v) is 5.14. The molecule has 3 N–H and O–H groups in total. The molecule has 2 aromatic carbocycles. The van der Waals surface area contributed by atoms with Crippen LogP contribution in [0.2, 0.25) is 5.02 Å². The van der Waals surface area contributed by atoms with Crippen molar-refractivity contribution in [2.24, 2.45) is 0 Å². The quantitative estimate of drug-likeness (QED) is 0.572. The number of hydrogen-bond donors (Lipinski definition) is 3. The van der Waals surface area contributed by atoms with Gasteiger partial charge in [0, 0.05) is 29.1 Å². The largest absolute Gasteiger partial charge is 0.477 e. The number of halogens is 1. The molecular formula is C20H15ClN2O5. The normalized spacial score (nSPS) is 13.1. The lowest BCUT2D eigenvalue weighted by molar-refractivity contribution is 0.0684. The minimum atomic E-state index is -1.16. The van der Waals surface area contributed by atoms with Crippen molar-refractivity contribution in [1.29, 1.82) is 0 Å². The highest BCUT2D eigenvalue weighted by atomic mass is 35.5. The van der Waals surface area contributed by atoms with Gasteiger partial charge in [0.05, 0.1) is 16.6 Å². The smallest absolute Gasteiger partial charge is 0.352 e. The molecule has 0 unspecified atom stereocenters. The summed E-state index contributed by atoms with van der Waals surface area (Å²) in [6.45, 7) is 0.137. The Bertz CT molecular complexity index is 1170. The van der Waals surface area contributed by atoms with Crippen molar-refractivity contribution in [3.63, 3.8) is 0 Å². The van der Waals surface area contributed by atoms with E-state index in [1.165, 1.54) is 10.6 Å². The average molecular weight is 399 g/mol. The Morgan fingerprint density at radius 1 is 1.07 bits per heavy atom. The fraction of sp³-hybridized carbons (Fsp3) is 0.150. The second kappa shape index (κ2) is 6.78. The number of hydrogen-bond acceptors (Lipinski definition) is 4. The summed E-state index contributed by atoms with van der Waals surface area (Å²) in [7, 11) is 0. The summed E-state index contributed by atoms with van der Waals surface area (Å²) in [6.07, 6.45) is 0.341. The van der Waals surface area contributed by atoms with Crippen molar-refractivity contribution in [2.45, 2.75) is 13.0 Å². The van der Waals surface area contributed by atoms with Crippen molar-refractivity contribution in [3.05, 3.63) is 58.2 Å². The van der Waals surface area contributed by atoms with Gasteiger partial charge in [0.25, 0.3) is 11.8 Å². The van der Waals surface area contributed by atoms with Crippen LogP contribution in [-0.4, -0.2) is 39.2 Å². The van der Waals surface area contributed by atoms with E-state index < -0.39 is 17.8 Å². The van der Waals surface area contributed by atoms with Crippen LogP contribution in [-0.2, 0) is 6.54 Å². The second-order valence-corrected chi connectivity index (χ2v) is 6.84. The van der Waals surface area contributed by atoms with Crippen molar-refractivity contribution in [3.8, 4) is 11.1 Å². The maximum atomic E-state index is 12.5. The molecule has 2 amide bonds. The number of benzene rings is 2. The van der Waals surface area contributed by atoms with Gasteiger partial charge >= 0.3 is 5.97 Å². The molecule has 28 heavy (non-hydrogen) atoms. The fourth-order valence-corrected chi connectivity index (χ4v) is 3.87.